The van der Waals surface area contributed by atoms with E-state index in [9.17, 15) is 0 Å². The molecule has 0 aliphatic carbocycles. The molecule has 0 bridgehead atoms. The maximum Gasteiger partial charge on any atom is 0.0730 e. The molecule has 0 radical (unpaired) electrons. The summed E-state index contributed by atoms with van der Waals surface area (Å²) in [5, 5.41) is 0.716. The lowest BCUT2D eigenvalue weighted by Gasteiger charge is -2.16. The number of benzene rings is 2. The lowest BCUT2D eigenvalue weighted by molar-refractivity contribution is 1.14. The van der Waals surface area contributed by atoms with Crippen LogP contribution in [-0.2, 0) is 6.42 Å². The third-order valence-electron chi connectivity index (χ3n) is 4.02. The van der Waals surface area contributed by atoms with Gasteiger partial charge in [0.1, 0.15) is 0 Å². The molecule has 0 N–H and O–H groups in total. The Morgan fingerprint density at radius 2 is 2.08 bits per heavy atom. The largest absolute Gasteiger partial charge is 0.264 e. The minimum atomic E-state index is 0.703. The number of rotatable bonds is 5. The molecule has 2 rings (SSSR count). The second kappa shape index (κ2) is 7.81. The highest BCUT2D eigenvalue weighted by Crippen LogP contribution is 2.37. The monoisotopic (exact) mass is 333 g/mol. The molecule has 2 heteroatoms. The molecule has 0 saturated heterocycles. The van der Waals surface area contributed by atoms with E-state index < -0.39 is 0 Å². The number of allylic oxidation sites excluding steroid dienone is 2. The van der Waals surface area contributed by atoms with Crippen LogP contribution in [0.4, 0.5) is 5.69 Å². The van der Waals surface area contributed by atoms with Crippen molar-refractivity contribution in [1.29, 1.82) is 0 Å². The molecule has 24 heavy (non-hydrogen) atoms. The number of nitrogens with zero attached hydrogens (tertiary/aromatic N) is 1. The van der Waals surface area contributed by atoms with Gasteiger partial charge in [-0.15, -0.1) is 6.42 Å². The summed E-state index contributed by atoms with van der Waals surface area (Å²) in [6.45, 7) is 11.7. The minimum Gasteiger partial charge on any atom is -0.264 e. The Morgan fingerprint density at radius 1 is 1.38 bits per heavy atom. The maximum absolute atomic E-state index is 6.56. The zero-order chi connectivity index (χ0) is 17.7. The molecule has 0 spiro atoms. The molecule has 0 aromatic heterocycles. The Balaban J connectivity index is 2.56. The summed E-state index contributed by atoms with van der Waals surface area (Å²) in [6, 6.07) is 10.1. The first-order valence-corrected chi connectivity index (χ1v) is 8.02. The maximum atomic E-state index is 6.56. The lowest BCUT2D eigenvalue weighted by Crippen LogP contribution is -1.98. The van der Waals surface area contributed by atoms with E-state index in [1.54, 1.807) is 6.08 Å². The van der Waals surface area contributed by atoms with Gasteiger partial charge in [-0.2, -0.15) is 0 Å². The molecular formula is C22H20ClN. The summed E-state index contributed by atoms with van der Waals surface area (Å²) >= 11 is 6.56. The van der Waals surface area contributed by atoms with Gasteiger partial charge in [0.05, 0.1) is 5.69 Å². The van der Waals surface area contributed by atoms with E-state index in [4.69, 9.17) is 18.0 Å². The predicted molar refractivity (Wildman–Crippen MR) is 107 cm³/mol. The van der Waals surface area contributed by atoms with E-state index >= 15 is 0 Å². The predicted octanol–water partition coefficient (Wildman–Crippen LogP) is 6.25. The third-order valence-corrected chi connectivity index (χ3v) is 4.36. The molecule has 2 aromatic rings. The van der Waals surface area contributed by atoms with Gasteiger partial charge in [-0.3, -0.25) is 4.99 Å². The molecule has 0 heterocycles. The first-order valence-electron chi connectivity index (χ1n) is 7.64. The fourth-order valence-corrected chi connectivity index (χ4v) is 3.06. The van der Waals surface area contributed by atoms with Crippen LogP contribution in [0.3, 0.4) is 0 Å². The molecule has 0 aliphatic rings. The van der Waals surface area contributed by atoms with Crippen LogP contribution in [0, 0.1) is 19.3 Å². The standard InChI is InChI=1S/C22H20ClN/c1-6-7-10-17-11-8-9-12-18(17)13-20-16(4)22(24-5)19(15(2)3)14-21(20)23/h1,7-12,14H,2,5,13H2,3-4H3/b10-7-. The molecule has 1 nitrogen and oxygen atoms in total. The molecule has 0 unspecified atom stereocenters. The van der Waals surface area contributed by atoms with Gasteiger partial charge in [0.2, 0.25) is 0 Å². The van der Waals surface area contributed by atoms with Crippen molar-refractivity contribution in [3.8, 4) is 12.3 Å². The quantitative estimate of drug-likeness (QED) is 0.453. The fourth-order valence-electron chi connectivity index (χ4n) is 2.74. The number of hydrogen-bond acceptors (Lipinski definition) is 1. The van der Waals surface area contributed by atoms with Gasteiger partial charge in [0.25, 0.3) is 0 Å². The van der Waals surface area contributed by atoms with E-state index in [1.807, 2.05) is 44.2 Å². The zero-order valence-corrected chi connectivity index (χ0v) is 14.8. The van der Waals surface area contributed by atoms with Crippen molar-refractivity contribution in [2.45, 2.75) is 20.3 Å². The molecule has 0 atom stereocenters. The van der Waals surface area contributed by atoms with Crippen LogP contribution in [0.25, 0.3) is 11.6 Å². The van der Waals surface area contributed by atoms with Crippen molar-refractivity contribution in [2.75, 3.05) is 0 Å². The van der Waals surface area contributed by atoms with Crippen molar-refractivity contribution in [1.82, 2.24) is 0 Å². The van der Waals surface area contributed by atoms with Gasteiger partial charge in [-0.25, -0.2) is 0 Å². The second-order valence-corrected chi connectivity index (χ2v) is 6.08. The number of hydrogen-bond donors (Lipinski definition) is 0. The van der Waals surface area contributed by atoms with Crippen molar-refractivity contribution >= 4 is 35.7 Å². The Bertz CT molecular complexity index is 866. The van der Waals surface area contributed by atoms with E-state index in [1.165, 1.54) is 0 Å². The SMILES string of the molecule is C#C/C=C\c1ccccc1Cc1c(Cl)cc(C(=C)C)c(N=C)c1C. The molecule has 0 amide bonds. The number of terminal acetylenes is 1. The van der Waals surface area contributed by atoms with Crippen LogP contribution in [0.1, 0.15) is 34.7 Å². The normalized spacial score (nSPS) is 10.6. The van der Waals surface area contributed by atoms with Crippen molar-refractivity contribution in [2.24, 2.45) is 4.99 Å². The third kappa shape index (κ3) is 3.67. The van der Waals surface area contributed by atoms with E-state index in [0.29, 0.717) is 11.4 Å². The average Bonchev–Trinajstić information content (AvgIpc) is 2.57. The Morgan fingerprint density at radius 3 is 2.71 bits per heavy atom. The highest BCUT2D eigenvalue weighted by atomic mass is 35.5. The molecule has 0 saturated carbocycles. The summed E-state index contributed by atoms with van der Waals surface area (Å²) in [6.07, 6.45) is 9.67. The number of halogens is 1. The Hall–Kier alpha value is -2.56. The first-order chi connectivity index (χ1) is 11.5. The van der Waals surface area contributed by atoms with Gasteiger partial charge in [-0.05, 0) is 73.0 Å². The molecule has 0 fully saturated rings. The van der Waals surface area contributed by atoms with Crippen LogP contribution >= 0.6 is 11.6 Å². The summed E-state index contributed by atoms with van der Waals surface area (Å²) in [5.41, 5.74) is 7.04. The summed E-state index contributed by atoms with van der Waals surface area (Å²) in [4.78, 5) is 4.20. The lowest BCUT2D eigenvalue weighted by atomic mass is 9.92. The van der Waals surface area contributed by atoms with Gasteiger partial charge in [0, 0.05) is 10.6 Å². The molecular weight excluding hydrogens is 314 g/mol. The first kappa shape index (κ1) is 17.8. The van der Waals surface area contributed by atoms with Crippen LogP contribution in [-0.4, -0.2) is 6.72 Å². The summed E-state index contributed by atoms with van der Waals surface area (Å²) in [5.74, 6) is 2.53. The number of aliphatic imine (C=N–C) groups is 1. The van der Waals surface area contributed by atoms with Crippen LogP contribution < -0.4 is 0 Å². The minimum absolute atomic E-state index is 0.703. The topological polar surface area (TPSA) is 12.4 Å². The van der Waals surface area contributed by atoms with Crippen LogP contribution in [0.2, 0.25) is 5.02 Å². The van der Waals surface area contributed by atoms with Gasteiger partial charge >= 0.3 is 0 Å². The van der Waals surface area contributed by atoms with E-state index in [2.05, 4.69) is 30.3 Å². The second-order valence-electron chi connectivity index (χ2n) is 5.67. The van der Waals surface area contributed by atoms with Crippen molar-refractivity contribution in [3.05, 3.63) is 75.8 Å². The highest BCUT2D eigenvalue weighted by molar-refractivity contribution is 6.31. The average molecular weight is 334 g/mol. The van der Waals surface area contributed by atoms with Gasteiger partial charge in [0.15, 0.2) is 0 Å². The molecule has 0 aliphatic heterocycles. The highest BCUT2D eigenvalue weighted by Gasteiger charge is 2.15. The van der Waals surface area contributed by atoms with Crippen molar-refractivity contribution in [3.63, 3.8) is 0 Å². The Kier molecular flexibility index (Phi) is 5.79. The fraction of sp³-hybridized carbons (Fsp3) is 0.136. The van der Waals surface area contributed by atoms with Gasteiger partial charge in [-0.1, -0.05) is 48.4 Å². The summed E-state index contributed by atoms with van der Waals surface area (Å²) in [7, 11) is 0. The van der Waals surface area contributed by atoms with Crippen molar-refractivity contribution < 1.29 is 0 Å². The zero-order valence-electron chi connectivity index (χ0n) is 14.1. The summed E-state index contributed by atoms with van der Waals surface area (Å²) < 4.78 is 0. The van der Waals surface area contributed by atoms with E-state index in [0.717, 1.165) is 39.1 Å². The van der Waals surface area contributed by atoms with Crippen LogP contribution in [0.5, 0.6) is 0 Å². The molecule has 2 aromatic carbocycles. The van der Waals surface area contributed by atoms with Gasteiger partial charge < -0.3 is 0 Å². The smallest absolute Gasteiger partial charge is 0.0730 e. The Labute approximate surface area is 149 Å². The molecule has 120 valence electrons. The van der Waals surface area contributed by atoms with Crippen LogP contribution in [0.15, 0.2) is 48.0 Å². The van der Waals surface area contributed by atoms with E-state index in [-0.39, 0.29) is 0 Å².